The predicted molar refractivity (Wildman–Crippen MR) is 52.4 cm³/mol. The summed E-state index contributed by atoms with van der Waals surface area (Å²) in [6.07, 6.45) is 0. The predicted octanol–water partition coefficient (Wildman–Crippen LogP) is 0.808. The number of oxazole rings is 1. The third kappa shape index (κ3) is 1.08. The van der Waals surface area contributed by atoms with Crippen molar-refractivity contribution >= 4 is 11.1 Å². The van der Waals surface area contributed by atoms with Crippen LogP contribution in [0.2, 0.25) is 0 Å². The third-order valence-corrected chi connectivity index (χ3v) is 2.70. The van der Waals surface area contributed by atoms with Gasteiger partial charge in [-0.15, -0.1) is 0 Å². The van der Waals surface area contributed by atoms with Gasteiger partial charge < -0.3 is 9.73 Å². The molecule has 4 nitrogen and oxygen atoms in total. The Labute approximate surface area is 79.9 Å². The first kappa shape index (κ1) is 7.82. The molecule has 0 spiro atoms. The molecule has 1 aliphatic heterocycles. The maximum absolute atomic E-state index is 10.9. The lowest BCUT2D eigenvalue weighted by molar-refractivity contribution is 0.448. The number of aromatic nitrogens is 1. The molecule has 1 saturated heterocycles. The standard InChI is InChI=1S/C10H10N2O2/c13-10-12-8-3-6(7-4-11-5-7)1-2-9(8)14-10/h1-3,7,11H,4-5H2,(H,12,13). The molecular formula is C10H10N2O2. The average molecular weight is 190 g/mol. The van der Waals surface area contributed by atoms with Gasteiger partial charge in [0.25, 0.3) is 0 Å². The molecule has 0 saturated carbocycles. The molecule has 1 aromatic heterocycles. The van der Waals surface area contributed by atoms with Crippen LogP contribution >= 0.6 is 0 Å². The van der Waals surface area contributed by atoms with E-state index >= 15 is 0 Å². The van der Waals surface area contributed by atoms with Gasteiger partial charge in [0.2, 0.25) is 0 Å². The van der Waals surface area contributed by atoms with Crippen molar-refractivity contribution in [2.45, 2.75) is 5.92 Å². The van der Waals surface area contributed by atoms with Crippen molar-refractivity contribution in [2.75, 3.05) is 13.1 Å². The summed E-state index contributed by atoms with van der Waals surface area (Å²) in [5.74, 6) is 0.196. The van der Waals surface area contributed by atoms with Crippen LogP contribution in [0.5, 0.6) is 0 Å². The van der Waals surface area contributed by atoms with E-state index in [1.807, 2.05) is 18.2 Å². The normalized spacial score (nSPS) is 17.1. The molecule has 0 amide bonds. The molecule has 0 atom stereocenters. The van der Waals surface area contributed by atoms with Gasteiger partial charge in [-0.1, -0.05) is 6.07 Å². The summed E-state index contributed by atoms with van der Waals surface area (Å²) in [7, 11) is 0. The lowest BCUT2D eigenvalue weighted by Crippen LogP contribution is -2.39. The molecule has 0 aliphatic carbocycles. The molecule has 3 rings (SSSR count). The summed E-state index contributed by atoms with van der Waals surface area (Å²) < 4.78 is 4.93. The van der Waals surface area contributed by atoms with Crippen LogP contribution in [0, 0.1) is 0 Å². The van der Waals surface area contributed by atoms with E-state index in [1.165, 1.54) is 5.56 Å². The molecule has 1 aromatic carbocycles. The Kier molecular flexibility index (Phi) is 1.52. The molecule has 0 bridgehead atoms. The number of hydrogen-bond donors (Lipinski definition) is 2. The zero-order chi connectivity index (χ0) is 9.54. The van der Waals surface area contributed by atoms with Gasteiger partial charge in [0.05, 0.1) is 5.52 Å². The minimum atomic E-state index is -0.385. The first-order chi connectivity index (χ1) is 6.83. The summed E-state index contributed by atoms with van der Waals surface area (Å²) in [5, 5.41) is 3.22. The highest BCUT2D eigenvalue weighted by Gasteiger charge is 2.19. The van der Waals surface area contributed by atoms with Crippen molar-refractivity contribution in [3.8, 4) is 0 Å². The van der Waals surface area contributed by atoms with Crippen molar-refractivity contribution in [3.05, 3.63) is 34.3 Å². The zero-order valence-corrected chi connectivity index (χ0v) is 7.54. The highest BCUT2D eigenvalue weighted by molar-refractivity contribution is 5.73. The fourth-order valence-electron chi connectivity index (χ4n) is 1.75. The summed E-state index contributed by atoms with van der Waals surface area (Å²) in [4.78, 5) is 13.6. The van der Waals surface area contributed by atoms with Crippen molar-refractivity contribution in [1.29, 1.82) is 0 Å². The van der Waals surface area contributed by atoms with E-state index in [2.05, 4.69) is 10.3 Å². The van der Waals surface area contributed by atoms with Crippen LogP contribution in [0.4, 0.5) is 0 Å². The van der Waals surface area contributed by atoms with Crippen LogP contribution in [-0.2, 0) is 0 Å². The van der Waals surface area contributed by atoms with E-state index in [0.717, 1.165) is 18.6 Å². The SMILES string of the molecule is O=c1[nH]c2cc(C3CNC3)ccc2o1. The number of aromatic amines is 1. The molecule has 2 N–H and O–H groups in total. The lowest BCUT2D eigenvalue weighted by atomic mass is 9.94. The lowest BCUT2D eigenvalue weighted by Gasteiger charge is -2.27. The van der Waals surface area contributed by atoms with Crippen LogP contribution in [0.15, 0.2) is 27.4 Å². The van der Waals surface area contributed by atoms with Crippen molar-refractivity contribution in [3.63, 3.8) is 0 Å². The molecular weight excluding hydrogens is 180 g/mol. The molecule has 2 aromatic rings. The van der Waals surface area contributed by atoms with Crippen LogP contribution in [-0.4, -0.2) is 18.1 Å². The van der Waals surface area contributed by atoms with E-state index in [1.54, 1.807) is 0 Å². The van der Waals surface area contributed by atoms with E-state index in [4.69, 9.17) is 4.42 Å². The van der Waals surface area contributed by atoms with E-state index in [0.29, 0.717) is 11.5 Å². The van der Waals surface area contributed by atoms with E-state index < -0.39 is 0 Å². The maximum atomic E-state index is 10.9. The highest BCUT2D eigenvalue weighted by Crippen LogP contribution is 2.22. The summed E-state index contributed by atoms with van der Waals surface area (Å²) in [6, 6.07) is 5.86. The van der Waals surface area contributed by atoms with Crippen LogP contribution in [0.25, 0.3) is 11.1 Å². The van der Waals surface area contributed by atoms with Crippen molar-refractivity contribution in [1.82, 2.24) is 10.3 Å². The zero-order valence-electron chi connectivity index (χ0n) is 7.54. The number of fused-ring (bicyclic) bond motifs is 1. The second-order valence-corrected chi connectivity index (χ2v) is 3.63. The van der Waals surface area contributed by atoms with Crippen molar-refractivity contribution in [2.24, 2.45) is 0 Å². The van der Waals surface area contributed by atoms with Crippen molar-refractivity contribution < 1.29 is 4.42 Å². The molecule has 2 heterocycles. The second kappa shape index (κ2) is 2.72. The number of benzene rings is 1. The fraction of sp³-hybridized carbons (Fsp3) is 0.300. The van der Waals surface area contributed by atoms with Gasteiger partial charge in [-0.25, -0.2) is 4.79 Å². The molecule has 14 heavy (non-hydrogen) atoms. The molecule has 72 valence electrons. The van der Waals surface area contributed by atoms with Crippen LogP contribution in [0.3, 0.4) is 0 Å². The Morgan fingerprint density at radius 3 is 2.93 bits per heavy atom. The van der Waals surface area contributed by atoms with Gasteiger partial charge >= 0.3 is 5.76 Å². The van der Waals surface area contributed by atoms with Gasteiger partial charge in [-0.2, -0.15) is 0 Å². The molecule has 1 aliphatic rings. The summed E-state index contributed by atoms with van der Waals surface area (Å²) in [5.41, 5.74) is 2.68. The Morgan fingerprint density at radius 2 is 2.21 bits per heavy atom. The average Bonchev–Trinajstić information content (AvgIpc) is 2.40. The summed E-state index contributed by atoms with van der Waals surface area (Å²) in [6.45, 7) is 2.04. The minimum Gasteiger partial charge on any atom is -0.408 e. The van der Waals surface area contributed by atoms with E-state index in [9.17, 15) is 4.79 Å². The Balaban J connectivity index is 2.13. The first-order valence-electron chi connectivity index (χ1n) is 4.66. The Hall–Kier alpha value is -1.55. The number of rotatable bonds is 1. The Morgan fingerprint density at radius 1 is 1.36 bits per heavy atom. The molecule has 0 radical (unpaired) electrons. The minimum absolute atomic E-state index is 0.385. The van der Waals surface area contributed by atoms with E-state index in [-0.39, 0.29) is 5.76 Å². The number of hydrogen-bond acceptors (Lipinski definition) is 3. The van der Waals surface area contributed by atoms with Gasteiger partial charge in [0, 0.05) is 19.0 Å². The maximum Gasteiger partial charge on any atom is 0.417 e. The third-order valence-electron chi connectivity index (χ3n) is 2.70. The smallest absolute Gasteiger partial charge is 0.408 e. The van der Waals surface area contributed by atoms with Gasteiger partial charge in [0.1, 0.15) is 0 Å². The van der Waals surface area contributed by atoms with Gasteiger partial charge in [-0.3, -0.25) is 4.98 Å². The van der Waals surface area contributed by atoms with Crippen LogP contribution < -0.4 is 11.1 Å². The molecule has 1 fully saturated rings. The Bertz CT molecular complexity index is 522. The number of nitrogens with one attached hydrogen (secondary N) is 2. The highest BCUT2D eigenvalue weighted by atomic mass is 16.4. The number of H-pyrrole nitrogens is 1. The fourth-order valence-corrected chi connectivity index (χ4v) is 1.75. The summed E-state index contributed by atoms with van der Waals surface area (Å²) >= 11 is 0. The largest absolute Gasteiger partial charge is 0.417 e. The first-order valence-corrected chi connectivity index (χ1v) is 4.66. The monoisotopic (exact) mass is 190 g/mol. The quantitative estimate of drug-likeness (QED) is 0.699. The van der Waals surface area contributed by atoms with Crippen LogP contribution in [0.1, 0.15) is 11.5 Å². The van der Waals surface area contributed by atoms with Gasteiger partial charge in [0.15, 0.2) is 5.58 Å². The van der Waals surface area contributed by atoms with Gasteiger partial charge in [-0.05, 0) is 17.7 Å². The molecule has 4 heteroatoms. The molecule has 0 unspecified atom stereocenters. The topological polar surface area (TPSA) is 58.0 Å². The second-order valence-electron chi connectivity index (χ2n) is 3.63.